The van der Waals surface area contributed by atoms with Gasteiger partial charge >= 0.3 is 0 Å². The van der Waals surface area contributed by atoms with Crippen molar-refractivity contribution in [2.75, 3.05) is 45.1 Å². The summed E-state index contributed by atoms with van der Waals surface area (Å²) in [7, 11) is 0. The summed E-state index contributed by atoms with van der Waals surface area (Å²) in [6, 6.07) is 6.07. The topological polar surface area (TPSA) is 58.8 Å². The van der Waals surface area contributed by atoms with Crippen molar-refractivity contribution in [1.29, 1.82) is 0 Å². The van der Waals surface area contributed by atoms with Crippen LogP contribution >= 0.6 is 0 Å². The van der Waals surface area contributed by atoms with E-state index in [4.69, 9.17) is 10.5 Å². The largest absolute Gasteiger partial charge is 0.491 e. The molecule has 1 aliphatic heterocycles. The minimum Gasteiger partial charge on any atom is -0.491 e. The van der Waals surface area contributed by atoms with E-state index in [9.17, 15) is 4.79 Å². The number of benzene rings is 1. The minimum absolute atomic E-state index is 0.176. The predicted molar refractivity (Wildman–Crippen MR) is 89.0 cm³/mol. The van der Waals surface area contributed by atoms with Crippen molar-refractivity contribution in [3.63, 3.8) is 0 Å². The second-order valence-electron chi connectivity index (χ2n) is 5.82. The van der Waals surface area contributed by atoms with Crippen LogP contribution in [0.15, 0.2) is 18.2 Å². The number of ether oxygens (including phenoxy) is 1. The van der Waals surface area contributed by atoms with Gasteiger partial charge in [-0.3, -0.25) is 9.69 Å². The molecule has 1 aromatic carbocycles. The summed E-state index contributed by atoms with van der Waals surface area (Å²) >= 11 is 0. The Labute approximate surface area is 133 Å². The summed E-state index contributed by atoms with van der Waals surface area (Å²) in [6.45, 7) is 8.99. The predicted octanol–water partition coefficient (Wildman–Crippen LogP) is 1.76. The fourth-order valence-electron chi connectivity index (χ4n) is 2.67. The zero-order valence-electron chi connectivity index (χ0n) is 13.7. The van der Waals surface area contributed by atoms with E-state index in [1.165, 1.54) is 5.56 Å². The van der Waals surface area contributed by atoms with Crippen molar-refractivity contribution >= 4 is 11.6 Å². The van der Waals surface area contributed by atoms with Crippen LogP contribution in [0.25, 0.3) is 0 Å². The van der Waals surface area contributed by atoms with Crippen molar-refractivity contribution in [1.82, 2.24) is 9.80 Å². The van der Waals surface area contributed by atoms with E-state index >= 15 is 0 Å². The van der Waals surface area contributed by atoms with Gasteiger partial charge in [0.15, 0.2) is 0 Å². The monoisotopic (exact) mass is 305 g/mol. The molecule has 1 saturated heterocycles. The van der Waals surface area contributed by atoms with Gasteiger partial charge in [-0.25, -0.2) is 0 Å². The lowest BCUT2D eigenvalue weighted by molar-refractivity contribution is -0.130. The Morgan fingerprint density at radius 2 is 2.00 bits per heavy atom. The summed E-state index contributed by atoms with van der Waals surface area (Å²) in [6.07, 6.45) is 1.95. The van der Waals surface area contributed by atoms with Crippen molar-refractivity contribution in [2.24, 2.45) is 0 Å². The molecule has 0 spiro atoms. The molecule has 0 bridgehead atoms. The van der Waals surface area contributed by atoms with E-state index in [0.717, 1.165) is 51.3 Å². The highest BCUT2D eigenvalue weighted by molar-refractivity contribution is 5.73. The van der Waals surface area contributed by atoms with Gasteiger partial charge in [0.2, 0.25) is 5.91 Å². The van der Waals surface area contributed by atoms with Crippen LogP contribution < -0.4 is 10.5 Å². The molecular formula is C17H27N3O2. The highest BCUT2D eigenvalue weighted by Gasteiger charge is 2.18. The third-order valence-corrected chi connectivity index (χ3v) is 4.07. The Hall–Kier alpha value is -1.75. The number of hydrogen-bond donors (Lipinski definition) is 1. The maximum Gasteiger partial charge on any atom is 0.219 e. The van der Waals surface area contributed by atoms with Gasteiger partial charge in [0.25, 0.3) is 0 Å². The molecule has 1 fully saturated rings. The first-order valence-electron chi connectivity index (χ1n) is 8.09. The molecule has 0 unspecified atom stereocenters. The smallest absolute Gasteiger partial charge is 0.219 e. The molecule has 2 N–H and O–H groups in total. The second kappa shape index (κ2) is 8.03. The first-order chi connectivity index (χ1) is 10.6. The summed E-state index contributed by atoms with van der Waals surface area (Å²) in [5.74, 6) is 0.954. The van der Waals surface area contributed by atoms with E-state index < -0.39 is 0 Å². The lowest BCUT2D eigenvalue weighted by atomic mass is 10.1. The first-order valence-corrected chi connectivity index (χ1v) is 8.09. The Balaban J connectivity index is 1.80. The van der Waals surface area contributed by atoms with E-state index in [0.29, 0.717) is 12.3 Å². The third-order valence-electron chi connectivity index (χ3n) is 4.07. The Kier molecular flexibility index (Phi) is 6.07. The van der Waals surface area contributed by atoms with Crippen LogP contribution in [0, 0.1) is 0 Å². The molecule has 1 heterocycles. The maximum absolute atomic E-state index is 11.3. The number of amides is 1. The zero-order chi connectivity index (χ0) is 15.9. The van der Waals surface area contributed by atoms with Crippen LogP contribution in [0.5, 0.6) is 5.75 Å². The van der Waals surface area contributed by atoms with Gasteiger partial charge in [-0.2, -0.15) is 0 Å². The van der Waals surface area contributed by atoms with Crippen LogP contribution in [-0.4, -0.2) is 55.0 Å². The number of nitrogens with two attached hydrogens (primary N) is 1. The summed E-state index contributed by atoms with van der Waals surface area (Å²) in [5, 5.41) is 0. The summed E-state index contributed by atoms with van der Waals surface area (Å²) in [5.41, 5.74) is 7.99. The highest BCUT2D eigenvalue weighted by atomic mass is 16.5. The third kappa shape index (κ3) is 4.63. The molecular weight excluding hydrogens is 278 g/mol. The maximum atomic E-state index is 11.3. The van der Waals surface area contributed by atoms with Gasteiger partial charge in [-0.05, 0) is 30.5 Å². The standard InChI is InChI=1S/C17H27N3O2/c1-3-12-22-17-5-4-15(13-16(17)18)6-7-19-8-10-20(11-9-19)14(2)21/h4-5,13H,3,6-12,18H2,1-2H3. The van der Waals surface area contributed by atoms with Crippen LogP contribution in [-0.2, 0) is 11.2 Å². The normalized spacial score (nSPS) is 15.8. The lowest BCUT2D eigenvalue weighted by Crippen LogP contribution is -2.48. The SMILES string of the molecule is CCCOc1ccc(CCN2CCN(C(C)=O)CC2)cc1N. The number of rotatable bonds is 6. The van der Waals surface area contributed by atoms with Gasteiger partial charge in [0.05, 0.1) is 12.3 Å². The van der Waals surface area contributed by atoms with E-state index in [1.807, 2.05) is 17.0 Å². The molecule has 0 saturated carbocycles. The average Bonchev–Trinajstić information content (AvgIpc) is 2.52. The first kappa shape index (κ1) is 16.6. The number of carbonyl (C=O) groups excluding carboxylic acids is 1. The van der Waals surface area contributed by atoms with E-state index in [1.54, 1.807) is 6.92 Å². The molecule has 5 nitrogen and oxygen atoms in total. The molecule has 0 aliphatic carbocycles. The number of hydrogen-bond acceptors (Lipinski definition) is 4. The fraction of sp³-hybridized carbons (Fsp3) is 0.588. The molecule has 0 atom stereocenters. The Bertz CT molecular complexity index is 497. The highest BCUT2D eigenvalue weighted by Crippen LogP contribution is 2.23. The van der Waals surface area contributed by atoms with E-state index in [2.05, 4.69) is 17.9 Å². The van der Waals surface area contributed by atoms with Crippen molar-refractivity contribution in [3.05, 3.63) is 23.8 Å². The number of piperazine rings is 1. The average molecular weight is 305 g/mol. The minimum atomic E-state index is 0.176. The molecule has 22 heavy (non-hydrogen) atoms. The molecule has 122 valence electrons. The lowest BCUT2D eigenvalue weighted by Gasteiger charge is -2.34. The van der Waals surface area contributed by atoms with Crippen LogP contribution in [0.3, 0.4) is 0 Å². The van der Waals surface area contributed by atoms with Crippen molar-refractivity contribution < 1.29 is 9.53 Å². The van der Waals surface area contributed by atoms with E-state index in [-0.39, 0.29) is 5.91 Å². The number of anilines is 1. The molecule has 1 aromatic rings. The van der Waals surface area contributed by atoms with Crippen LogP contribution in [0.1, 0.15) is 25.8 Å². The number of nitrogens with zero attached hydrogens (tertiary/aromatic N) is 2. The molecule has 5 heteroatoms. The van der Waals surface area contributed by atoms with Crippen LogP contribution in [0.2, 0.25) is 0 Å². The van der Waals surface area contributed by atoms with Gasteiger partial charge in [-0.1, -0.05) is 13.0 Å². The van der Waals surface area contributed by atoms with Gasteiger partial charge < -0.3 is 15.4 Å². The fourth-order valence-corrected chi connectivity index (χ4v) is 2.67. The second-order valence-corrected chi connectivity index (χ2v) is 5.82. The van der Waals surface area contributed by atoms with Gasteiger partial charge in [-0.15, -0.1) is 0 Å². The van der Waals surface area contributed by atoms with Gasteiger partial charge in [0, 0.05) is 39.6 Å². The number of nitrogen functional groups attached to an aromatic ring is 1. The summed E-state index contributed by atoms with van der Waals surface area (Å²) < 4.78 is 5.60. The van der Waals surface area contributed by atoms with Gasteiger partial charge in [0.1, 0.15) is 5.75 Å². The molecule has 0 aromatic heterocycles. The number of carbonyl (C=O) groups is 1. The summed E-state index contributed by atoms with van der Waals surface area (Å²) in [4.78, 5) is 15.6. The van der Waals surface area contributed by atoms with Crippen molar-refractivity contribution in [2.45, 2.75) is 26.7 Å². The Morgan fingerprint density at radius 1 is 1.27 bits per heavy atom. The molecule has 2 rings (SSSR count). The quantitative estimate of drug-likeness (QED) is 0.814. The molecule has 0 radical (unpaired) electrons. The van der Waals surface area contributed by atoms with Crippen LogP contribution in [0.4, 0.5) is 5.69 Å². The zero-order valence-corrected chi connectivity index (χ0v) is 13.7. The van der Waals surface area contributed by atoms with Crippen molar-refractivity contribution in [3.8, 4) is 5.75 Å². The molecule has 1 amide bonds. The molecule has 1 aliphatic rings. The Morgan fingerprint density at radius 3 is 2.59 bits per heavy atom.